The van der Waals surface area contributed by atoms with E-state index >= 15 is 0 Å². The number of carboxylic acid groups (broad SMARTS) is 1. The van der Waals surface area contributed by atoms with E-state index in [9.17, 15) is 33.3 Å². The van der Waals surface area contributed by atoms with Crippen LogP contribution in [0.5, 0.6) is 11.5 Å². The van der Waals surface area contributed by atoms with Crippen molar-refractivity contribution in [2.45, 2.75) is 62.5 Å². The fourth-order valence-corrected chi connectivity index (χ4v) is 8.27. The van der Waals surface area contributed by atoms with Gasteiger partial charge in [-0.2, -0.15) is 0 Å². The third-order valence-electron chi connectivity index (χ3n) is 8.25. The number of hydrogen-bond donors (Lipinski definition) is 4. The zero-order chi connectivity index (χ0) is 31.4. The Balaban J connectivity index is 1.65. The molecule has 4 N–H and O–H groups in total. The fraction of sp³-hybridized carbons (Fsp3) is 0.375. The van der Waals surface area contributed by atoms with Crippen molar-refractivity contribution in [3.05, 3.63) is 83.4 Å². The molecule has 0 saturated heterocycles. The molecule has 0 aromatic heterocycles. The fourth-order valence-electron chi connectivity index (χ4n) is 6.01. The van der Waals surface area contributed by atoms with Crippen LogP contribution in [0.1, 0.15) is 55.7 Å². The van der Waals surface area contributed by atoms with Crippen molar-refractivity contribution in [1.29, 1.82) is 0 Å². The Morgan fingerprint density at radius 1 is 1.09 bits per heavy atom. The maximum Gasteiger partial charge on any atom is 0.326 e. The van der Waals surface area contributed by atoms with Crippen molar-refractivity contribution in [3.63, 3.8) is 0 Å². The number of phenolic OH excluding ortho intramolecular Hbond substituents is 1. The molecule has 226 valence electrons. The summed E-state index contributed by atoms with van der Waals surface area (Å²) in [4.78, 5) is 24.5. The Kier molecular flexibility index (Phi) is 9.87. The summed E-state index contributed by atoms with van der Waals surface area (Å²) in [5, 5.41) is 33.8. The van der Waals surface area contributed by atoms with Gasteiger partial charge in [-0.25, -0.2) is 13.2 Å². The zero-order valence-electron chi connectivity index (χ0n) is 24.2. The molecule has 0 aliphatic carbocycles. The molecule has 1 aliphatic rings. The first-order chi connectivity index (χ1) is 20.4. The smallest absolute Gasteiger partial charge is 0.326 e. The predicted octanol–water partition coefficient (Wildman–Crippen LogP) is 2.85. The molecule has 1 heterocycles. The van der Waals surface area contributed by atoms with Gasteiger partial charge in [-0.1, -0.05) is 80.3 Å². The summed E-state index contributed by atoms with van der Waals surface area (Å²) in [7, 11) is 2.39. The Morgan fingerprint density at radius 2 is 1.77 bits per heavy atom. The summed E-state index contributed by atoms with van der Waals surface area (Å²) < 4.78 is 33.5. The van der Waals surface area contributed by atoms with Crippen LogP contribution in [0, 0.1) is 5.41 Å². The lowest BCUT2D eigenvalue weighted by atomic mass is 9.69. The summed E-state index contributed by atoms with van der Waals surface area (Å²) >= 11 is 0. The number of fused-ring (bicyclic) bond motifs is 1. The monoisotopic (exact) mass is 605 g/mol. The molecule has 4 atom stereocenters. The van der Waals surface area contributed by atoms with Gasteiger partial charge in [0.1, 0.15) is 25.4 Å². The van der Waals surface area contributed by atoms with Gasteiger partial charge < -0.3 is 25.4 Å². The second kappa shape index (κ2) is 13.2. The van der Waals surface area contributed by atoms with Gasteiger partial charge in [0.25, 0.3) is 5.91 Å². The van der Waals surface area contributed by atoms with Crippen LogP contribution in [0.15, 0.2) is 71.6 Å². The molecule has 2 radical (unpaired) electrons. The number of hydrogen-bond acceptors (Lipinski definition) is 7. The topological polar surface area (TPSA) is 150 Å². The number of aliphatic carboxylic acids is 1. The van der Waals surface area contributed by atoms with E-state index in [-0.39, 0.29) is 34.0 Å². The number of carbonyl (C=O) groups is 2. The molecule has 1 aliphatic heterocycles. The van der Waals surface area contributed by atoms with E-state index in [1.807, 2.05) is 44.2 Å². The van der Waals surface area contributed by atoms with E-state index < -0.39 is 51.8 Å². The number of para-hydroxylation sites is 1. The largest absolute Gasteiger partial charge is 0.508 e. The first-order valence-corrected chi connectivity index (χ1v) is 15.9. The van der Waals surface area contributed by atoms with Gasteiger partial charge in [0.2, 0.25) is 0 Å². The van der Waals surface area contributed by atoms with E-state index in [2.05, 4.69) is 5.32 Å². The molecule has 3 aromatic carbocycles. The summed E-state index contributed by atoms with van der Waals surface area (Å²) in [6.45, 7) is 3.21. The number of amides is 1. The first-order valence-electron chi connectivity index (χ1n) is 14.2. The van der Waals surface area contributed by atoms with Crippen molar-refractivity contribution in [3.8, 4) is 11.5 Å². The third kappa shape index (κ3) is 6.89. The number of carbonyl (C=O) groups excluding carboxylic acids is 1. The van der Waals surface area contributed by atoms with Crippen LogP contribution >= 0.6 is 0 Å². The van der Waals surface area contributed by atoms with Gasteiger partial charge in [0, 0.05) is 17.8 Å². The maximum absolute atomic E-state index is 13.9. The molecular formula is C32H36BNO8S. The summed E-state index contributed by atoms with van der Waals surface area (Å²) in [5.74, 6) is -3.16. The molecule has 0 saturated carbocycles. The minimum atomic E-state index is -3.94. The van der Waals surface area contributed by atoms with Gasteiger partial charge in [-0.05, 0) is 41.7 Å². The lowest BCUT2D eigenvalue weighted by Crippen LogP contribution is -2.44. The van der Waals surface area contributed by atoms with Gasteiger partial charge >= 0.3 is 5.97 Å². The van der Waals surface area contributed by atoms with Gasteiger partial charge in [0.05, 0.1) is 16.8 Å². The van der Waals surface area contributed by atoms with Crippen molar-refractivity contribution >= 4 is 35.0 Å². The average Bonchev–Trinajstić information content (AvgIpc) is 3.03. The van der Waals surface area contributed by atoms with Crippen LogP contribution in [0.3, 0.4) is 0 Å². The third-order valence-corrected chi connectivity index (χ3v) is 10.2. The molecule has 1 amide bonds. The van der Waals surface area contributed by atoms with Gasteiger partial charge in [-0.15, -0.1) is 0 Å². The number of rotatable bonds is 11. The lowest BCUT2D eigenvalue weighted by Gasteiger charge is -2.39. The molecule has 11 heteroatoms. The minimum absolute atomic E-state index is 0.0283. The quantitative estimate of drug-likeness (QED) is 0.244. The van der Waals surface area contributed by atoms with Crippen molar-refractivity contribution < 1.29 is 38.1 Å². The standard InChI is InChI=1S/C32H36BNO8S/c1-3-14-32(4-2)19-43(40,41)27-17-26(23(33)16-22(27)29(30(32)37)20-10-6-5-7-11-20)42-18-28(36)34-24(31(38)39)15-21-12-8-9-13-25(21)35/h5-13,16-17,24,29-30,35,37H,3-4,14-15,18-19H2,1-2H3,(H,34,36)(H,38,39)/t24-,29-,30-,32-/m1/s1. The number of aromatic hydroxyl groups is 1. The summed E-state index contributed by atoms with van der Waals surface area (Å²) in [6.07, 6.45) is 0.470. The van der Waals surface area contributed by atoms with Crippen molar-refractivity contribution in [1.82, 2.24) is 5.32 Å². The van der Waals surface area contributed by atoms with Crippen LogP contribution in [0.25, 0.3) is 0 Å². The maximum atomic E-state index is 13.9. The molecule has 3 aromatic rings. The SMILES string of the molecule is [B]c1cc2c(cc1OCC(=O)N[C@H](Cc1ccccc1O)C(=O)O)S(=O)(=O)C[C@@](CC)(CCC)[C@H](O)[C@@H]2c1ccccc1. The molecule has 0 spiro atoms. The van der Waals surface area contributed by atoms with E-state index in [1.54, 1.807) is 18.2 Å². The summed E-state index contributed by atoms with van der Waals surface area (Å²) in [6, 6.07) is 16.8. The highest BCUT2D eigenvalue weighted by Crippen LogP contribution is 2.48. The Morgan fingerprint density at radius 3 is 2.40 bits per heavy atom. The summed E-state index contributed by atoms with van der Waals surface area (Å²) in [5.41, 5.74) is 0.616. The van der Waals surface area contributed by atoms with Crippen molar-refractivity contribution in [2.24, 2.45) is 5.41 Å². The normalized spacial score (nSPS) is 21.7. The second-order valence-electron chi connectivity index (χ2n) is 11.1. The van der Waals surface area contributed by atoms with E-state index in [4.69, 9.17) is 12.6 Å². The van der Waals surface area contributed by atoms with E-state index in [0.29, 0.717) is 30.4 Å². The van der Waals surface area contributed by atoms with E-state index in [1.165, 1.54) is 18.2 Å². The average molecular weight is 606 g/mol. The van der Waals surface area contributed by atoms with Gasteiger partial charge in [0.15, 0.2) is 16.4 Å². The second-order valence-corrected chi connectivity index (χ2v) is 13.0. The van der Waals surface area contributed by atoms with Crippen LogP contribution in [-0.2, 0) is 25.8 Å². The van der Waals surface area contributed by atoms with Crippen LogP contribution in [0.4, 0.5) is 0 Å². The molecule has 0 unspecified atom stereocenters. The molecule has 0 bridgehead atoms. The molecule has 43 heavy (non-hydrogen) atoms. The van der Waals surface area contributed by atoms with Gasteiger partial charge in [-0.3, -0.25) is 4.79 Å². The highest BCUT2D eigenvalue weighted by molar-refractivity contribution is 7.91. The highest BCUT2D eigenvalue weighted by Gasteiger charge is 2.49. The number of ether oxygens (including phenoxy) is 1. The highest BCUT2D eigenvalue weighted by atomic mass is 32.2. The first kappa shape index (κ1) is 32.1. The van der Waals surface area contributed by atoms with Crippen LogP contribution in [0.2, 0.25) is 0 Å². The number of aliphatic hydroxyl groups excluding tert-OH is 1. The number of carboxylic acids is 1. The van der Waals surface area contributed by atoms with Crippen LogP contribution < -0.4 is 15.5 Å². The molecule has 0 fully saturated rings. The number of aliphatic hydroxyl groups is 1. The minimum Gasteiger partial charge on any atom is -0.508 e. The number of phenols is 1. The van der Waals surface area contributed by atoms with E-state index in [0.717, 1.165) is 5.56 Å². The molecular weight excluding hydrogens is 569 g/mol. The molecule has 4 rings (SSSR count). The zero-order valence-corrected chi connectivity index (χ0v) is 25.0. The lowest BCUT2D eigenvalue weighted by molar-refractivity contribution is -0.142. The number of benzene rings is 3. The Bertz CT molecular complexity index is 1580. The number of sulfone groups is 1. The number of nitrogens with one attached hydrogen (secondary N) is 1. The van der Waals surface area contributed by atoms with Crippen LogP contribution in [-0.4, -0.2) is 68.0 Å². The predicted molar refractivity (Wildman–Crippen MR) is 163 cm³/mol. The Hall–Kier alpha value is -3.83. The van der Waals surface area contributed by atoms with Crippen molar-refractivity contribution in [2.75, 3.05) is 12.4 Å². The molecule has 9 nitrogen and oxygen atoms in total. The Labute approximate surface area is 253 Å².